The molecule has 6 heteroatoms. The zero-order chi connectivity index (χ0) is 14.8. The molecule has 1 amide bonds. The van der Waals surface area contributed by atoms with E-state index in [1.165, 1.54) is 17.3 Å². The van der Waals surface area contributed by atoms with Crippen LogP contribution in [0.15, 0.2) is 23.4 Å². The summed E-state index contributed by atoms with van der Waals surface area (Å²) in [6.07, 6.45) is 0.973. The van der Waals surface area contributed by atoms with Crippen molar-refractivity contribution in [2.45, 2.75) is 24.9 Å². The monoisotopic (exact) mass is 303 g/mol. The third-order valence-corrected chi connectivity index (χ3v) is 4.48. The molecule has 1 aliphatic rings. The van der Waals surface area contributed by atoms with Gasteiger partial charge in [-0.2, -0.15) is 0 Å². The molecule has 0 spiro atoms. The minimum absolute atomic E-state index is 0.0733. The lowest BCUT2D eigenvalue weighted by Crippen LogP contribution is -2.39. The molecule has 2 heterocycles. The minimum Gasteiger partial charge on any atom is -0.341 e. The van der Waals surface area contributed by atoms with Crippen molar-refractivity contribution in [1.82, 2.24) is 14.9 Å². The van der Waals surface area contributed by atoms with Gasteiger partial charge >= 0.3 is 0 Å². The van der Waals surface area contributed by atoms with Gasteiger partial charge < -0.3 is 9.88 Å². The summed E-state index contributed by atoms with van der Waals surface area (Å²) in [6, 6.07) is 6.04. The number of ketones is 1. The van der Waals surface area contributed by atoms with Crippen LogP contribution in [0.4, 0.5) is 0 Å². The number of hydrogen-bond donors (Lipinski definition) is 1. The molecule has 0 radical (unpaired) electrons. The SMILES string of the molecule is Cc1ccc2nc(SCC(=O)N3CCC(=O)CC3)[nH]c2c1. The lowest BCUT2D eigenvalue weighted by atomic mass is 10.1. The number of Topliss-reactive ketones (excluding diaryl/α,β-unsaturated/α-hetero) is 1. The van der Waals surface area contributed by atoms with E-state index in [1.54, 1.807) is 4.90 Å². The number of rotatable bonds is 3. The first-order valence-corrected chi connectivity index (χ1v) is 7.99. The van der Waals surface area contributed by atoms with Crippen molar-refractivity contribution < 1.29 is 9.59 Å². The molecule has 1 N–H and O–H groups in total. The van der Waals surface area contributed by atoms with Crippen LogP contribution in [0.3, 0.4) is 0 Å². The number of fused-ring (bicyclic) bond motifs is 1. The quantitative estimate of drug-likeness (QED) is 0.882. The Hall–Kier alpha value is -1.82. The van der Waals surface area contributed by atoms with Crippen LogP contribution in [0.1, 0.15) is 18.4 Å². The number of thioether (sulfide) groups is 1. The summed E-state index contributed by atoms with van der Waals surface area (Å²) >= 11 is 1.41. The maximum absolute atomic E-state index is 12.1. The molecule has 0 unspecified atom stereocenters. The summed E-state index contributed by atoms with van der Waals surface area (Å²) in [5.74, 6) is 0.677. The van der Waals surface area contributed by atoms with Crippen molar-refractivity contribution in [3.63, 3.8) is 0 Å². The Bertz CT molecular complexity index is 685. The summed E-state index contributed by atoms with van der Waals surface area (Å²) in [6.45, 7) is 3.14. The van der Waals surface area contributed by atoms with Crippen LogP contribution in [0.2, 0.25) is 0 Å². The van der Waals surface area contributed by atoms with Crippen LogP contribution in [-0.4, -0.2) is 45.4 Å². The van der Waals surface area contributed by atoms with Crippen molar-refractivity contribution in [2.75, 3.05) is 18.8 Å². The number of carbonyl (C=O) groups is 2. The zero-order valence-corrected chi connectivity index (χ0v) is 12.7. The van der Waals surface area contributed by atoms with Gasteiger partial charge in [0.2, 0.25) is 5.91 Å². The highest BCUT2D eigenvalue weighted by atomic mass is 32.2. The van der Waals surface area contributed by atoms with Crippen LogP contribution in [0.25, 0.3) is 11.0 Å². The summed E-state index contributed by atoms with van der Waals surface area (Å²) in [5, 5.41) is 0.761. The number of piperidine rings is 1. The Kier molecular flexibility index (Phi) is 3.96. The number of imidazole rings is 1. The molecule has 3 rings (SSSR count). The second-order valence-corrected chi connectivity index (χ2v) is 6.23. The summed E-state index contributed by atoms with van der Waals surface area (Å²) in [7, 11) is 0. The van der Waals surface area contributed by atoms with E-state index in [0.29, 0.717) is 31.7 Å². The van der Waals surface area contributed by atoms with Crippen LogP contribution in [0, 0.1) is 6.92 Å². The van der Waals surface area contributed by atoms with Gasteiger partial charge in [-0.3, -0.25) is 9.59 Å². The van der Waals surface area contributed by atoms with Gasteiger partial charge in [-0.25, -0.2) is 4.98 Å². The Labute approximate surface area is 127 Å². The number of likely N-dealkylation sites (tertiary alicyclic amines) is 1. The summed E-state index contributed by atoms with van der Waals surface area (Å²) in [4.78, 5) is 32.7. The minimum atomic E-state index is 0.0733. The van der Waals surface area contributed by atoms with Crippen molar-refractivity contribution in [3.05, 3.63) is 23.8 Å². The molecule has 110 valence electrons. The highest BCUT2D eigenvalue weighted by Crippen LogP contribution is 2.21. The summed E-state index contributed by atoms with van der Waals surface area (Å²) < 4.78 is 0. The maximum atomic E-state index is 12.1. The van der Waals surface area contributed by atoms with Crippen molar-refractivity contribution in [3.8, 4) is 0 Å². The molecule has 0 atom stereocenters. The molecule has 1 aromatic carbocycles. The number of H-pyrrole nitrogens is 1. The molecular weight excluding hydrogens is 286 g/mol. The molecule has 1 fully saturated rings. The molecule has 2 aromatic rings. The van der Waals surface area contributed by atoms with Gasteiger partial charge in [0.05, 0.1) is 16.8 Å². The van der Waals surface area contributed by atoms with Gasteiger partial charge in [0, 0.05) is 25.9 Å². The van der Waals surface area contributed by atoms with Gasteiger partial charge in [0.15, 0.2) is 5.16 Å². The van der Waals surface area contributed by atoms with Gasteiger partial charge in [0.25, 0.3) is 0 Å². The van der Waals surface area contributed by atoms with Crippen molar-refractivity contribution in [2.24, 2.45) is 0 Å². The Morgan fingerprint density at radius 1 is 1.38 bits per heavy atom. The van der Waals surface area contributed by atoms with Crippen LogP contribution in [0.5, 0.6) is 0 Å². The first-order chi connectivity index (χ1) is 10.1. The number of carbonyl (C=O) groups excluding carboxylic acids is 2. The predicted molar refractivity (Wildman–Crippen MR) is 82.4 cm³/mol. The Morgan fingerprint density at radius 3 is 2.90 bits per heavy atom. The molecule has 0 aliphatic carbocycles. The van der Waals surface area contributed by atoms with Crippen LogP contribution in [-0.2, 0) is 9.59 Å². The second kappa shape index (κ2) is 5.89. The first-order valence-electron chi connectivity index (χ1n) is 7.00. The van der Waals surface area contributed by atoms with E-state index in [0.717, 1.165) is 16.2 Å². The Balaban J connectivity index is 1.60. The number of aromatic amines is 1. The number of aryl methyl sites for hydroxylation is 1. The normalized spacial score (nSPS) is 15.7. The van der Waals surface area contributed by atoms with E-state index in [1.807, 2.05) is 25.1 Å². The molecule has 5 nitrogen and oxygen atoms in total. The van der Waals surface area contributed by atoms with Crippen molar-refractivity contribution in [1.29, 1.82) is 0 Å². The van der Waals surface area contributed by atoms with Gasteiger partial charge in [-0.15, -0.1) is 0 Å². The largest absolute Gasteiger partial charge is 0.341 e. The van der Waals surface area contributed by atoms with E-state index in [4.69, 9.17) is 0 Å². The number of benzene rings is 1. The van der Waals surface area contributed by atoms with E-state index in [-0.39, 0.29) is 11.7 Å². The number of nitrogens with zero attached hydrogens (tertiary/aromatic N) is 2. The second-order valence-electron chi connectivity index (χ2n) is 5.27. The fourth-order valence-electron chi connectivity index (χ4n) is 2.40. The molecular formula is C15H17N3O2S. The van der Waals surface area contributed by atoms with Gasteiger partial charge in [-0.05, 0) is 24.6 Å². The lowest BCUT2D eigenvalue weighted by Gasteiger charge is -2.25. The lowest BCUT2D eigenvalue weighted by molar-refractivity contribution is -0.132. The predicted octanol–water partition coefficient (Wildman–Crippen LogP) is 2.15. The number of hydrogen-bond acceptors (Lipinski definition) is 4. The van der Waals surface area contributed by atoms with Crippen LogP contribution >= 0.6 is 11.8 Å². The standard InChI is InChI=1S/C15H17N3O2S/c1-10-2-3-12-13(8-10)17-15(16-12)21-9-14(20)18-6-4-11(19)5-7-18/h2-3,8H,4-7,9H2,1H3,(H,16,17). The van der Waals surface area contributed by atoms with Gasteiger partial charge in [0.1, 0.15) is 5.78 Å². The van der Waals surface area contributed by atoms with Crippen LogP contribution < -0.4 is 0 Å². The fourth-order valence-corrected chi connectivity index (χ4v) is 3.18. The summed E-state index contributed by atoms with van der Waals surface area (Å²) in [5.41, 5.74) is 3.09. The molecule has 1 aliphatic heterocycles. The highest BCUT2D eigenvalue weighted by Gasteiger charge is 2.20. The third kappa shape index (κ3) is 3.26. The maximum Gasteiger partial charge on any atom is 0.233 e. The number of aromatic nitrogens is 2. The smallest absolute Gasteiger partial charge is 0.233 e. The average Bonchev–Trinajstić information content (AvgIpc) is 2.87. The molecule has 1 saturated heterocycles. The average molecular weight is 303 g/mol. The number of nitrogens with one attached hydrogen (secondary N) is 1. The zero-order valence-electron chi connectivity index (χ0n) is 11.9. The Morgan fingerprint density at radius 2 is 2.14 bits per heavy atom. The first kappa shape index (κ1) is 14.1. The van der Waals surface area contributed by atoms with E-state index in [2.05, 4.69) is 9.97 Å². The van der Waals surface area contributed by atoms with E-state index < -0.39 is 0 Å². The highest BCUT2D eigenvalue weighted by molar-refractivity contribution is 7.99. The molecule has 21 heavy (non-hydrogen) atoms. The van der Waals surface area contributed by atoms with Crippen molar-refractivity contribution >= 4 is 34.5 Å². The van der Waals surface area contributed by atoms with Gasteiger partial charge in [-0.1, -0.05) is 17.8 Å². The number of amides is 1. The molecule has 1 aromatic heterocycles. The molecule has 0 bridgehead atoms. The fraction of sp³-hybridized carbons (Fsp3) is 0.400. The third-order valence-electron chi connectivity index (χ3n) is 3.62. The molecule has 0 saturated carbocycles. The van der Waals surface area contributed by atoms with E-state index in [9.17, 15) is 9.59 Å². The topological polar surface area (TPSA) is 66.1 Å². The van der Waals surface area contributed by atoms with E-state index >= 15 is 0 Å².